The van der Waals surface area contributed by atoms with Crippen LogP contribution in [0.4, 0.5) is 23.2 Å². The van der Waals surface area contributed by atoms with Gasteiger partial charge in [-0.2, -0.15) is 5.26 Å². The minimum absolute atomic E-state index is 0.00575. The highest BCUT2D eigenvalue weighted by molar-refractivity contribution is 7.92. The van der Waals surface area contributed by atoms with Gasteiger partial charge in [0.1, 0.15) is 22.6 Å². The van der Waals surface area contributed by atoms with Gasteiger partial charge < -0.3 is 4.98 Å². The molecule has 1 aromatic heterocycles. The van der Waals surface area contributed by atoms with Gasteiger partial charge >= 0.3 is 0 Å². The fourth-order valence-electron chi connectivity index (χ4n) is 3.18. The van der Waals surface area contributed by atoms with E-state index in [9.17, 15) is 26.0 Å². The van der Waals surface area contributed by atoms with Crippen molar-refractivity contribution in [1.82, 2.24) is 4.98 Å². The number of hydrogen-bond acceptors (Lipinski definition) is 3. The number of nitriles is 1. The third-order valence-electron chi connectivity index (χ3n) is 4.66. The van der Waals surface area contributed by atoms with E-state index in [1.54, 1.807) is 0 Å². The molecule has 1 unspecified atom stereocenters. The van der Waals surface area contributed by atoms with E-state index >= 15 is 0 Å². The van der Waals surface area contributed by atoms with Crippen LogP contribution >= 0.6 is 0 Å². The number of hydrogen-bond donors (Lipinski definition) is 2. The molecule has 5 nitrogen and oxygen atoms in total. The molecule has 0 radical (unpaired) electrons. The molecule has 0 fully saturated rings. The normalized spacial score (nSPS) is 17.3. The number of anilines is 1. The summed E-state index contributed by atoms with van der Waals surface area (Å²) in [5.74, 6) is -5.96. The van der Waals surface area contributed by atoms with Crippen molar-refractivity contribution >= 4 is 15.7 Å². The van der Waals surface area contributed by atoms with Gasteiger partial charge in [0.25, 0.3) is 10.0 Å². The van der Waals surface area contributed by atoms with Crippen LogP contribution in [0.2, 0.25) is 0 Å². The Kier molecular flexibility index (Phi) is 4.67. The van der Waals surface area contributed by atoms with Crippen molar-refractivity contribution < 1.29 is 26.0 Å². The van der Waals surface area contributed by atoms with Crippen LogP contribution in [0.15, 0.2) is 23.2 Å². The Balaban J connectivity index is 1.91. The second kappa shape index (κ2) is 6.56. The van der Waals surface area contributed by atoms with Crippen molar-refractivity contribution in [3.05, 3.63) is 46.8 Å². The van der Waals surface area contributed by atoms with Crippen LogP contribution in [0, 0.1) is 28.9 Å². The van der Waals surface area contributed by atoms with Gasteiger partial charge in [-0.05, 0) is 37.8 Å². The second-order valence-corrected chi connectivity index (χ2v) is 8.19. The molecule has 2 N–H and O–H groups in total. The number of H-pyrrole nitrogens is 1. The average molecular weight is 401 g/mol. The first-order chi connectivity index (χ1) is 12.5. The topological polar surface area (TPSA) is 85.8 Å². The number of halogens is 4. The molecule has 2 aromatic rings. The van der Waals surface area contributed by atoms with Gasteiger partial charge in [0.05, 0.1) is 11.3 Å². The lowest BCUT2D eigenvalue weighted by molar-refractivity contribution is -0.0448. The van der Waals surface area contributed by atoms with Crippen molar-refractivity contribution in [3.8, 4) is 6.07 Å². The summed E-state index contributed by atoms with van der Waals surface area (Å²) in [4.78, 5) is 2.51. The first-order valence-corrected chi connectivity index (χ1v) is 9.50. The third kappa shape index (κ3) is 3.64. The molecule has 0 spiro atoms. The van der Waals surface area contributed by atoms with E-state index in [2.05, 4.69) is 4.98 Å². The molecule has 0 aliphatic heterocycles. The molecule has 27 heavy (non-hydrogen) atoms. The maximum atomic E-state index is 14.0. The van der Waals surface area contributed by atoms with Crippen LogP contribution in [-0.2, 0) is 22.9 Å². The Morgan fingerprint density at radius 1 is 1.30 bits per heavy atom. The Bertz CT molecular complexity index is 1040. The largest absolute Gasteiger partial charge is 0.363 e. The van der Waals surface area contributed by atoms with Gasteiger partial charge in [-0.1, -0.05) is 0 Å². The Hall–Kier alpha value is -2.54. The number of benzene rings is 1. The molecule has 1 aliphatic carbocycles. The number of nitrogens with one attached hydrogen (secondary N) is 2. The quantitative estimate of drug-likeness (QED) is 0.766. The number of nitrogens with zero attached hydrogens (tertiary/aromatic N) is 1. The highest BCUT2D eigenvalue weighted by Crippen LogP contribution is 2.38. The van der Waals surface area contributed by atoms with Gasteiger partial charge in [0, 0.05) is 23.9 Å². The second-order valence-electron chi connectivity index (χ2n) is 6.54. The van der Waals surface area contributed by atoms with Gasteiger partial charge in [-0.3, -0.25) is 4.72 Å². The Morgan fingerprint density at radius 3 is 2.63 bits per heavy atom. The molecule has 0 saturated heterocycles. The molecule has 1 heterocycles. The van der Waals surface area contributed by atoms with Crippen molar-refractivity contribution in [2.75, 3.05) is 4.72 Å². The van der Waals surface area contributed by atoms with Crippen molar-refractivity contribution in [2.24, 2.45) is 5.92 Å². The van der Waals surface area contributed by atoms with E-state index in [0.717, 1.165) is 13.1 Å². The van der Waals surface area contributed by atoms with Crippen molar-refractivity contribution in [3.63, 3.8) is 0 Å². The minimum Gasteiger partial charge on any atom is -0.363 e. The zero-order valence-electron chi connectivity index (χ0n) is 14.1. The molecule has 1 aromatic carbocycles. The van der Waals surface area contributed by atoms with E-state index in [4.69, 9.17) is 5.26 Å². The zero-order valence-corrected chi connectivity index (χ0v) is 14.9. The highest BCUT2D eigenvalue weighted by atomic mass is 32.2. The molecule has 1 atom stereocenters. The van der Waals surface area contributed by atoms with E-state index in [1.807, 2.05) is 4.72 Å². The standard InChI is InChI=1S/C17H15F4N3O2S/c1-17(20,21)10-2-3-11-14(5-10)23-8-16(11)27(25,26)24-15-6-12(18)9(7-22)4-13(15)19/h4,6,8,10,23-24H,2-3,5H2,1H3. The summed E-state index contributed by atoms with van der Waals surface area (Å²) >= 11 is 0. The van der Waals surface area contributed by atoms with Gasteiger partial charge in [-0.15, -0.1) is 0 Å². The summed E-state index contributed by atoms with van der Waals surface area (Å²) in [5.41, 5.74) is -0.451. The lowest BCUT2D eigenvalue weighted by Gasteiger charge is -2.27. The number of sulfonamides is 1. The number of aromatic amines is 1. The first kappa shape index (κ1) is 19.2. The molecule has 3 rings (SSSR count). The van der Waals surface area contributed by atoms with E-state index in [0.29, 0.717) is 23.4 Å². The highest BCUT2D eigenvalue weighted by Gasteiger charge is 2.38. The monoisotopic (exact) mass is 401 g/mol. The molecule has 1 aliphatic rings. The maximum absolute atomic E-state index is 14.0. The molecule has 0 saturated carbocycles. The lowest BCUT2D eigenvalue weighted by atomic mass is 9.84. The number of alkyl halides is 2. The SMILES string of the molecule is CC(F)(F)C1CCc2c(S(=O)(=O)Nc3cc(F)c(C#N)cc3F)c[nH]c2C1. The van der Waals surface area contributed by atoms with Gasteiger partial charge in [-0.25, -0.2) is 26.0 Å². The Morgan fingerprint density at radius 2 is 2.00 bits per heavy atom. The number of rotatable bonds is 4. The molecule has 0 bridgehead atoms. The van der Waals surface area contributed by atoms with Gasteiger partial charge in [0.2, 0.25) is 5.92 Å². The minimum atomic E-state index is -4.28. The Labute approximate surface area is 153 Å². The van der Waals surface area contributed by atoms with Crippen LogP contribution < -0.4 is 4.72 Å². The molecular formula is C17H15F4N3O2S. The van der Waals surface area contributed by atoms with Crippen LogP contribution in [-0.4, -0.2) is 19.3 Å². The van der Waals surface area contributed by atoms with E-state index in [-0.39, 0.29) is 24.2 Å². The van der Waals surface area contributed by atoms with Crippen molar-refractivity contribution in [2.45, 2.75) is 37.0 Å². The summed E-state index contributed by atoms with van der Waals surface area (Å²) in [6.45, 7) is 0.826. The lowest BCUT2D eigenvalue weighted by Crippen LogP contribution is -2.30. The van der Waals surface area contributed by atoms with Crippen molar-refractivity contribution in [1.29, 1.82) is 5.26 Å². The smallest absolute Gasteiger partial charge is 0.263 e. The third-order valence-corrected chi connectivity index (χ3v) is 6.09. The van der Waals surface area contributed by atoms with E-state index in [1.165, 1.54) is 6.07 Å². The van der Waals surface area contributed by atoms with Crippen LogP contribution in [0.3, 0.4) is 0 Å². The summed E-state index contributed by atoms with van der Waals surface area (Å²) < 4.78 is 81.9. The summed E-state index contributed by atoms with van der Waals surface area (Å²) in [6.07, 6.45) is 1.37. The summed E-state index contributed by atoms with van der Waals surface area (Å²) in [7, 11) is -4.28. The van der Waals surface area contributed by atoms with Crippen LogP contribution in [0.5, 0.6) is 0 Å². The molecule has 144 valence electrons. The first-order valence-electron chi connectivity index (χ1n) is 8.02. The predicted octanol–water partition coefficient (Wildman–Crippen LogP) is 3.73. The van der Waals surface area contributed by atoms with E-state index < -0.39 is 44.7 Å². The molecule has 0 amide bonds. The average Bonchev–Trinajstić information content (AvgIpc) is 3.01. The fraction of sp³-hybridized carbons (Fsp3) is 0.353. The zero-order chi connectivity index (χ0) is 20.0. The summed E-state index contributed by atoms with van der Waals surface area (Å²) in [6, 6.07) is 2.62. The fourth-order valence-corrected chi connectivity index (χ4v) is 4.50. The number of aromatic nitrogens is 1. The van der Waals surface area contributed by atoms with Crippen LogP contribution in [0.25, 0.3) is 0 Å². The number of fused-ring (bicyclic) bond motifs is 1. The molecular weight excluding hydrogens is 386 g/mol. The maximum Gasteiger partial charge on any atom is 0.263 e. The predicted molar refractivity (Wildman–Crippen MR) is 88.8 cm³/mol. The molecule has 10 heteroatoms. The summed E-state index contributed by atoms with van der Waals surface area (Å²) in [5, 5.41) is 8.67. The van der Waals surface area contributed by atoms with Crippen LogP contribution in [0.1, 0.15) is 30.2 Å². The van der Waals surface area contributed by atoms with Gasteiger partial charge in [0.15, 0.2) is 0 Å².